The van der Waals surface area contributed by atoms with Gasteiger partial charge in [0, 0.05) is 24.9 Å². The van der Waals surface area contributed by atoms with E-state index in [9.17, 15) is 9.90 Å². The number of hydrogen-bond acceptors (Lipinski definition) is 8. The second-order valence-corrected chi connectivity index (χ2v) is 11.1. The molecule has 2 aliphatic heterocycles. The Kier molecular flexibility index (Phi) is 7.05. The molecule has 3 N–H and O–H groups in total. The van der Waals surface area contributed by atoms with Gasteiger partial charge in [0.05, 0.1) is 11.4 Å². The summed E-state index contributed by atoms with van der Waals surface area (Å²) in [5, 5.41) is 30.1. The smallest absolute Gasteiger partial charge is 0.303 e. The first-order valence-corrected chi connectivity index (χ1v) is 14.0. The minimum absolute atomic E-state index is 0.0866. The van der Waals surface area contributed by atoms with E-state index in [1.807, 2.05) is 37.3 Å². The molecule has 1 amide bonds. The molecule has 1 saturated heterocycles. The minimum atomic E-state index is -0.271. The molecule has 6 rings (SSSR count). The molecular formula is C29H35N9O2. The lowest BCUT2D eigenvalue weighted by Crippen LogP contribution is -2.54. The van der Waals surface area contributed by atoms with Gasteiger partial charge in [0.1, 0.15) is 11.6 Å². The van der Waals surface area contributed by atoms with E-state index in [0.717, 1.165) is 73.8 Å². The summed E-state index contributed by atoms with van der Waals surface area (Å²) in [4.78, 5) is 22.4. The predicted octanol–water partition coefficient (Wildman–Crippen LogP) is 4.09. The van der Waals surface area contributed by atoms with Crippen molar-refractivity contribution in [3.05, 3.63) is 58.9 Å². The molecule has 0 radical (unpaired) electrons. The van der Waals surface area contributed by atoms with Crippen molar-refractivity contribution in [3.63, 3.8) is 0 Å². The van der Waals surface area contributed by atoms with Gasteiger partial charge in [-0.2, -0.15) is 0 Å². The van der Waals surface area contributed by atoms with Gasteiger partial charge in [-0.25, -0.2) is 10.1 Å². The lowest BCUT2D eigenvalue weighted by molar-refractivity contribution is -0.111. The first kappa shape index (κ1) is 26.1. The second kappa shape index (κ2) is 10.8. The zero-order chi connectivity index (χ0) is 27.8. The van der Waals surface area contributed by atoms with E-state index >= 15 is 0 Å². The van der Waals surface area contributed by atoms with E-state index in [-0.39, 0.29) is 35.2 Å². The van der Waals surface area contributed by atoms with Gasteiger partial charge in [0.25, 0.3) is 0 Å². The number of carbonyl (C=O) groups excluding carboxylic acids is 1. The Morgan fingerprint density at radius 1 is 1.10 bits per heavy atom. The van der Waals surface area contributed by atoms with Crippen LogP contribution in [-0.4, -0.2) is 67.8 Å². The van der Waals surface area contributed by atoms with Crippen molar-refractivity contribution in [2.24, 2.45) is 16.0 Å². The molecular weight excluding hydrogens is 506 g/mol. The maximum Gasteiger partial charge on any atom is 0.303 e. The van der Waals surface area contributed by atoms with Crippen LogP contribution in [0.15, 0.2) is 46.5 Å². The van der Waals surface area contributed by atoms with Crippen LogP contribution < -0.4 is 10.3 Å². The number of hydrazone groups is 1. The number of phenolic OH excluding ortho intramolecular Hbond substituents is 1. The standard InChI is InChI=1S/C29H35N9O2/c1-4-37-15-21(16-37)28-30-27(29(40)38(28)22-12-11-17(2)18(3)13-22)32-31-24-10-6-9-23(25(24)39)19-7-5-8-20(14-19)26-33-35-36-34-26/h6,9-13,19-21,31,39H,4-5,7-8,14-16H2,1-3H3,(H,33,34,35,36)/b32-27+. The Morgan fingerprint density at radius 3 is 2.67 bits per heavy atom. The molecule has 3 aromatic rings. The number of H-pyrrole nitrogens is 1. The molecule has 1 aromatic heterocycles. The highest BCUT2D eigenvalue weighted by atomic mass is 16.3. The highest BCUT2D eigenvalue weighted by molar-refractivity contribution is 6.54. The molecule has 2 fully saturated rings. The van der Waals surface area contributed by atoms with Gasteiger partial charge in [0.15, 0.2) is 5.82 Å². The van der Waals surface area contributed by atoms with Crippen LogP contribution in [0.1, 0.15) is 67.0 Å². The number of rotatable bonds is 7. The lowest BCUT2D eigenvalue weighted by Gasteiger charge is -2.40. The van der Waals surface area contributed by atoms with E-state index < -0.39 is 0 Å². The third kappa shape index (κ3) is 4.85. The maximum atomic E-state index is 13.6. The highest BCUT2D eigenvalue weighted by Gasteiger charge is 2.41. The van der Waals surface area contributed by atoms with E-state index in [4.69, 9.17) is 4.99 Å². The summed E-state index contributed by atoms with van der Waals surface area (Å²) >= 11 is 0. The van der Waals surface area contributed by atoms with Crippen LogP contribution in [0.3, 0.4) is 0 Å². The van der Waals surface area contributed by atoms with Crippen molar-refractivity contribution in [1.82, 2.24) is 25.5 Å². The number of phenols is 1. The minimum Gasteiger partial charge on any atom is -0.505 e. The molecule has 2 atom stereocenters. The molecule has 208 valence electrons. The first-order valence-electron chi connectivity index (χ1n) is 14.0. The van der Waals surface area contributed by atoms with Gasteiger partial charge in [0.2, 0.25) is 5.84 Å². The molecule has 0 spiro atoms. The molecule has 2 unspecified atom stereocenters. The number of aromatic nitrogens is 4. The number of anilines is 2. The van der Waals surface area contributed by atoms with Crippen LogP contribution in [-0.2, 0) is 4.79 Å². The summed E-state index contributed by atoms with van der Waals surface area (Å²) in [5.74, 6) is 2.03. The Morgan fingerprint density at radius 2 is 1.93 bits per heavy atom. The van der Waals surface area contributed by atoms with E-state index in [0.29, 0.717) is 5.69 Å². The number of amides is 1. The molecule has 3 heterocycles. The second-order valence-electron chi connectivity index (χ2n) is 11.1. The van der Waals surface area contributed by atoms with E-state index in [1.54, 1.807) is 11.0 Å². The molecule has 11 heteroatoms. The quantitative estimate of drug-likeness (QED) is 0.303. The summed E-state index contributed by atoms with van der Waals surface area (Å²) in [7, 11) is 0. The van der Waals surface area contributed by atoms with Crippen molar-refractivity contribution in [3.8, 4) is 5.75 Å². The van der Waals surface area contributed by atoms with Crippen LogP contribution >= 0.6 is 0 Å². The van der Waals surface area contributed by atoms with Gasteiger partial charge in [-0.3, -0.25) is 15.1 Å². The van der Waals surface area contributed by atoms with E-state index in [2.05, 4.69) is 49.9 Å². The number of likely N-dealkylation sites (tertiary alicyclic amines) is 1. The van der Waals surface area contributed by atoms with Crippen LogP contribution in [0.2, 0.25) is 0 Å². The van der Waals surface area contributed by atoms with Crippen LogP contribution in [0, 0.1) is 19.8 Å². The van der Waals surface area contributed by atoms with Crippen LogP contribution in [0.5, 0.6) is 5.75 Å². The summed E-state index contributed by atoms with van der Waals surface area (Å²) < 4.78 is 0. The summed E-state index contributed by atoms with van der Waals surface area (Å²) in [5.41, 5.74) is 7.33. The number of tetrazole rings is 1. The van der Waals surface area contributed by atoms with Crippen molar-refractivity contribution in [2.75, 3.05) is 30.0 Å². The largest absolute Gasteiger partial charge is 0.505 e. The Labute approximate surface area is 233 Å². The number of nitrogens with one attached hydrogen (secondary N) is 2. The van der Waals surface area contributed by atoms with E-state index in [1.165, 1.54) is 5.56 Å². The fraction of sp³-hybridized carbons (Fsp3) is 0.448. The average Bonchev–Trinajstić information content (AvgIpc) is 3.58. The summed E-state index contributed by atoms with van der Waals surface area (Å²) in [6.45, 7) is 8.93. The number of para-hydroxylation sites is 1. The molecule has 3 aliphatic rings. The fourth-order valence-corrected chi connectivity index (χ4v) is 6.02. The molecule has 40 heavy (non-hydrogen) atoms. The number of hydrogen-bond donors (Lipinski definition) is 3. The molecule has 11 nitrogen and oxygen atoms in total. The van der Waals surface area contributed by atoms with Crippen molar-refractivity contribution >= 4 is 29.0 Å². The highest BCUT2D eigenvalue weighted by Crippen LogP contribution is 2.44. The molecule has 2 aromatic carbocycles. The Hall–Kier alpha value is -4.12. The van der Waals surface area contributed by atoms with Gasteiger partial charge in [-0.1, -0.05) is 31.5 Å². The topological polar surface area (TPSA) is 135 Å². The average molecular weight is 542 g/mol. The Balaban J connectivity index is 1.24. The zero-order valence-corrected chi connectivity index (χ0v) is 23.1. The first-order chi connectivity index (χ1) is 19.4. The summed E-state index contributed by atoms with van der Waals surface area (Å²) in [6, 6.07) is 11.6. The number of aliphatic imine (C=N–C) groups is 1. The van der Waals surface area contributed by atoms with Crippen LogP contribution in [0.25, 0.3) is 0 Å². The molecule has 1 aliphatic carbocycles. The number of nitrogens with zero attached hydrogens (tertiary/aromatic N) is 7. The fourth-order valence-electron chi connectivity index (χ4n) is 6.02. The molecule has 1 saturated carbocycles. The van der Waals surface area contributed by atoms with Crippen molar-refractivity contribution in [1.29, 1.82) is 0 Å². The maximum absolute atomic E-state index is 13.6. The number of aromatic hydroxyl groups is 1. The third-order valence-corrected chi connectivity index (χ3v) is 8.57. The normalized spacial score (nSPS) is 23.0. The van der Waals surface area contributed by atoms with Crippen LogP contribution in [0.4, 0.5) is 11.4 Å². The van der Waals surface area contributed by atoms with Gasteiger partial charge >= 0.3 is 5.91 Å². The third-order valence-electron chi connectivity index (χ3n) is 8.57. The van der Waals surface area contributed by atoms with Gasteiger partial charge < -0.3 is 10.0 Å². The van der Waals surface area contributed by atoms with Gasteiger partial charge in [-0.15, -0.1) is 10.2 Å². The predicted molar refractivity (Wildman–Crippen MR) is 154 cm³/mol. The van der Waals surface area contributed by atoms with Gasteiger partial charge in [-0.05, 0) is 90.9 Å². The number of amidine groups is 2. The number of aromatic amines is 1. The number of carbonyl (C=O) groups is 1. The van der Waals surface area contributed by atoms with Crippen molar-refractivity contribution in [2.45, 2.75) is 58.3 Å². The monoisotopic (exact) mass is 541 g/mol. The van der Waals surface area contributed by atoms with Crippen molar-refractivity contribution < 1.29 is 9.90 Å². The number of benzene rings is 2. The summed E-state index contributed by atoms with van der Waals surface area (Å²) in [6.07, 6.45) is 3.84. The number of aryl methyl sites for hydroxylation is 2. The Bertz CT molecular complexity index is 1460. The molecule has 0 bridgehead atoms. The lowest BCUT2D eigenvalue weighted by atomic mass is 9.77. The zero-order valence-electron chi connectivity index (χ0n) is 23.1. The SMILES string of the molecule is CCN1CC(C2=N/C(=N/Nc3cccc(C4CCCC(c5nnn[nH]5)C4)c3O)C(=O)N2c2ccc(C)c(C)c2)C1.